The lowest BCUT2D eigenvalue weighted by molar-refractivity contribution is -0.145. The van der Waals surface area contributed by atoms with Crippen molar-refractivity contribution in [3.05, 3.63) is 35.4 Å². The number of benzene rings is 1. The Balaban J connectivity index is 2.78. The minimum Gasteiger partial charge on any atom is -0.457 e. The monoisotopic (exact) mass is 304 g/mol. The minimum absolute atomic E-state index is 0.117. The van der Waals surface area contributed by atoms with Crippen LogP contribution in [0.2, 0.25) is 0 Å². The van der Waals surface area contributed by atoms with Gasteiger partial charge in [-0.2, -0.15) is 0 Å². The number of carbonyl (C=O) groups excluding carboxylic acids is 1. The van der Waals surface area contributed by atoms with Gasteiger partial charge in [0.15, 0.2) is 0 Å². The molecule has 0 aliphatic heterocycles. The van der Waals surface area contributed by atoms with Crippen molar-refractivity contribution in [3.63, 3.8) is 0 Å². The van der Waals surface area contributed by atoms with Crippen LogP contribution in [0.15, 0.2) is 24.3 Å². The van der Waals surface area contributed by atoms with Crippen LogP contribution >= 0.6 is 22.6 Å². The molecule has 0 aliphatic rings. The van der Waals surface area contributed by atoms with E-state index in [1.807, 2.05) is 31.2 Å². The minimum atomic E-state index is -0.229. The largest absolute Gasteiger partial charge is 0.457 e. The van der Waals surface area contributed by atoms with E-state index in [4.69, 9.17) is 4.74 Å². The van der Waals surface area contributed by atoms with Crippen LogP contribution < -0.4 is 0 Å². The smallest absolute Gasteiger partial charge is 0.303 e. The highest BCUT2D eigenvalue weighted by Crippen LogP contribution is 2.20. The molecule has 14 heavy (non-hydrogen) atoms. The molecule has 2 nitrogen and oxygen atoms in total. The number of hydrogen-bond acceptors (Lipinski definition) is 2. The second-order valence-electron chi connectivity index (χ2n) is 3.16. The van der Waals surface area contributed by atoms with Crippen LogP contribution in [0.25, 0.3) is 0 Å². The molecule has 0 N–H and O–H groups in total. The number of halogens is 1. The van der Waals surface area contributed by atoms with Gasteiger partial charge in [0.25, 0.3) is 0 Å². The first-order chi connectivity index (χ1) is 6.63. The van der Waals surface area contributed by atoms with Gasteiger partial charge in [-0.15, -0.1) is 0 Å². The summed E-state index contributed by atoms with van der Waals surface area (Å²) in [6.07, 6.45) is -0.117. The maximum atomic E-state index is 10.8. The van der Waals surface area contributed by atoms with Gasteiger partial charge in [0.05, 0.1) is 0 Å². The van der Waals surface area contributed by atoms with Gasteiger partial charge in [-0.3, -0.25) is 4.79 Å². The first-order valence-electron chi connectivity index (χ1n) is 4.43. The number of alkyl halides is 1. The maximum absolute atomic E-state index is 10.8. The maximum Gasteiger partial charge on any atom is 0.303 e. The molecular formula is C11H13IO2. The molecule has 3 heteroatoms. The van der Waals surface area contributed by atoms with Gasteiger partial charge in [0.2, 0.25) is 0 Å². The molecule has 1 aromatic rings. The molecule has 0 saturated carbocycles. The highest BCUT2D eigenvalue weighted by Gasteiger charge is 2.12. The Hall–Kier alpha value is -0.580. The van der Waals surface area contributed by atoms with E-state index in [1.54, 1.807) is 0 Å². The Morgan fingerprint density at radius 2 is 2.00 bits per heavy atom. The lowest BCUT2D eigenvalue weighted by Crippen LogP contribution is -2.09. The molecule has 0 fully saturated rings. The molecule has 1 rings (SSSR count). The van der Waals surface area contributed by atoms with Crippen LogP contribution in [0.1, 0.15) is 24.2 Å². The van der Waals surface area contributed by atoms with Gasteiger partial charge in [-0.25, -0.2) is 0 Å². The van der Waals surface area contributed by atoms with Crippen molar-refractivity contribution in [3.8, 4) is 0 Å². The normalized spacial score (nSPS) is 12.2. The van der Waals surface area contributed by atoms with Crippen molar-refractivity contribution >= 4 is 28.6 Å². The van der Waals surface area contributed by atoms with Gasteiger partial charge in [-0.1, -0.05) is 52.4 Å². The van der Waals surface area contributed by atoms with Crippen molar-refractivity contribution in [2.75, 3.05) is 4.43 Å². The molecule has 0 saturated heterocycles. The average Bonchev–Trinajstić information content (AvgIpc) is 2.15. The van der Waals surface area contributed by atoms with Gasteiger partial charge in [-0.05, 0) is 12.5 Å². The summed E-state index contributed by atoms with van der Waals surface area (Å²) in [4.78, 5) is 10.8. The van der Waals surface area contributed by atoms with E-state index in [1.165, 1.54) is 12.5 Å². The zero-order valence-electron chi connectivity index (χ0n) is 8.29. The van der Waals surface area contributed by atoms with Crippen LogP contribution in [-0.2, 0) is 9.53 Å². The molecule has 1 unspecified atom stereocenters. The zero-order chi connectivity index (χ0) is 10.6. The van der Waals surface area contributed by atoms with E-state index < -0.39 is 0 Å². The predicted molar refractivity (Wildman–Crippen MR) is 64.6 cm³/mol. The highest BCUT2D eigenvalue weighted by atomic mass is 127. The zero-order valence-corrected chi connectivity index (χ0v) is 10.4. The van der Waals surface area contributed by atoms with Crippen molar-refractivity contribution in [1.82, 2.24) is 0 Å². The average molecular weight is 304 g/mol. The predicted octanol–water partition coefficient (Wildman–Crippen LogP) is 3.03. The van der Waals surface area contributed by atoms with E-state index in [2.05, 4.69) is 22.6 Å². The molecule has 1 aromatic carbocycles. The SMILES string of the molecule is CC(=O)OC(CI)c1ccc(C)cc1. The van der Waals surface area contributed by atoms with Crippen molar-refractivity contribution in [2.45, 2.75) is 20.0 Å². The third-order valence-electron chi connectivity index (χ3n) is 1.90. The van der Waals surface area contributed by atoms with E-state index in [9.17, 15) is 4.79 Å². The summed E-state index contributed by atoms with van der Waals surface area (Å²) >= 11 is 2.22. The van der Waals surface area contributed by atoms with E-state index in [0.29, 0.717) is 0 Å². The quantitative estimate of drug-likeness (QED) is 0.487. The van der Waals surface area contributed by atoms with E-state index in [-0.39, 0.29) is 12.1 Å². The number of ether oxygens (including phenoxy) is 1. The van der Waals surface area contributed by atoms with Gasteiger partial charge < -0.3 is 4.74 Å². The first kappa shape index (κ1) is 11.5. The molecule has 1 atom stereocenters. The van der Waals surface area contributed by atoms with Gasteiger partial charge >= 0.3 is 5.97 Å². The summed E-state index contributed by atoms with van der Waals surface area (Å²) in [5, 5.41) is 0. The van der Waals surface area contributed by atoms with Crippen LogP contribution in [0.5, 0.6) is 0 Å². The van der Waals surface area contributed by atoms with Crippen molar-refractivity contribution in [2.24, 2.45) is 0 Å². The summed E-state index contributed by atoms with van der Waals surface area (Å²) in [5.41, 5.74) is 2.27. The van der Waals surface area contributed by atoms with E-state index in [0.717, 1.165) is 9.99 Å². The molecule has 0 heterocycles. The van der Waals surface area contributed by atoms with Crippen molar-refractivity contribution < 1.29 is 9.53 Å². The van der Waals surface area contributed by atoms with Crippen LogP contribution in [-0.4, -0.2) is 10.4 Å². The standard InChI is InChI=1S/C11H13IO2/c1-8-3-5-10(6-4-8)11(7-12)14-9(2)13/h3-6,11H,7H2,1-2H3. The molecule has 76 valence electrons. The van der Waals surface area contributed by atoms with Crippen LogP contribution in [0.3, 0.4) is 0 Å². The first-order valence-corrected chi connectivity index (χ1v) is 5.96. The third-order valence-corrected chi connectivity index (χ3v) is 2.70. The molecule has 0 aliphatic carbocycles. The third kappa shape index (κ3) is 3.29. The Bertz CT molecular complexity index is 306. The second-order valence-corrected chi connectivity index (χ2v) is 4.04. The summed E-state index contributed by atoms with van der Waals surface area (Å²) < 4.78 is 5.96. The van der Waals surface area contributed by atoms with E-state index >= 15 is 0 Å². The summed E-state index contributed by atoms with van der Waals surface area (Å²) in [7, 11) is 0. The molecule has 0 aromatic heterocycles. The number of rotatable bonds is 3. The summed E-state index contributed by atoms with van der Waals surface area (Å²) in [6, 6.07) is 8.06. The fourth-order valence-corrected chi connectivity index (χ4v) is 1.86. The lowest BCUT2D eigenvalue weighted by atomic mass is 10.1. The van der Waals surface area contributed by atoms with Gasteiger partial charge in [0.1, 0.15) is 6.10 Å². The van der Waals surface area contributed by atoms with Gasteiger partial charge in [0, 0.05) is 11.4 Å². The molecule has 0 spiro atoms. The number of esters is 1. The number of carbonyl (C=O) groups is 1. The van der Waals surface area contributed by atoms with Crippen LogP contribution in [0.4, 0.5) is 0 Å². The van der Waals surface area contributed by atoms with Crippen molar-refractivity contribution in [1.29, 1.82) is 0 Å². The summed E-state index contributed by atoms with van der Waals surface area (Å²) in [6.45, 7) is 3.47. The number of aryl methyl sites for hydroxylation is 1. The lowest BCUT2D eigenvalue weighted by Gasteiger charge is -2.14. The Kier molecular flexibility index (Phi) is 4.38. The summed E-state index contributed by atoms with van der Waals surface area (Å²) in [5.74, 6) is -0.229. The fraction of sp³-hybridized carbons (Fsp3) is 0.364. The second kappa shape index (κ2) is 5.34. The highest BCUT2D eigenvalue weighted by molar-refractivity contribution is 14.1. The Labute approximate surface area is 97.8 Å². The molecule has 0 radical (unpaired) electrons. The molecular weight excluding hydrogens is 291 g/mol. The topological polar surface area (TPSA) is 26.3 Å². The fourth-order valence-electron chi connectivity index (χ4n) is 1.17. The van der Waals surface area contributed by atoms with Crippen LogP contribution in [0, 0.1) is 6.92 Å². The molecule has 0 amide bonds. The molecule has 0 bridgehead atoms. The Morgan fingerprint density at radius 1 is 1.43 bits per heavy atom. The number of hydrogen-bond donors (Lipinski definition) is 0. The Morgan fingerprint density at radius 3 is 2.43 bits per heavy atom.